The first-order valence-electron chi connectivity index (χ1n) is 5.13. The molecular formula is C11H9F3N4O. The Morgan fingerprint density at radius 2 is 1.95 bits per heavy atom. The van der Waals surface area contributed by atoms with Crippen molar-refractivity contribution < 1.29 is 17.9 Å². The third kappa shape index (κ3) is 3.47. The number of halogens is 3. The van der Waals surface area contributed by atoms with E-state index in [9.17, 15) is 13.2 Å². The Morgan fingerprint density at radius 3 is 2.63 bits per heavy atom. The zero-order valence-electron chi connectivity index (χ0n) is 9.48. The summed E-state index contributed by atoms with van der Waals surface area (Å²) in [5.41, 5.74) is 5.91. The van der Waals surface area contributed by atoms with E-state index < -0.39 is 6.36 Å². The first-order valence-corrected chi connectivity index (χ1v) is 5.13. The Bertz CT molecular complexity index is 574. The van der Waals surface area contributed by atoms with Crippen molar-refractivity contribution in [3.8, 4) is 5.75 Å². The zero-order chi connectivity index (χ0) is 13.9. The van der Waals surface area contributed by atoms with Gasteiger partial charge in [-0.05, 0) is 12.1 Å². The van der Waals surface area contributed by atoms with Gasteiger partial charge in [-0.25, -0.2) is 9.97 Å². The third-order valence-electron chi connectivity index (χ3n) is 2.11. The number of aromatic nitrogens is 2. The molecule has 0 bridgehead atoms. The maximum atomic E-state index is 12.2. The number of nitrogen functional groups attached to an aromatic ring is 1. The van der Waals surface area contributed by atoms with E-state index in [0.29, 0.717) is 0 Å². The second-order valence-corrected chi connectivity index (χ2v) is 3.50. The minimum Gasteiger partial charge on any atom is -0.404 e. The molecule has 1 heterocycles. The summed E-state index contributed by atoms with van der Waals surface area (Å²) in [4.78, 5) is 7.51. The second-order valence-electron chi connectivity index (χ2n) is 3.50. The van der Waals surface area contributed by atoms with Gasteiger partial charge in [-0.2, -0.15) is 0 Å². The average molecular weight is 270 g/mol. The number of rotatable bonds is 3. The van der Waals surface area contributed by atoms with Gasteiger partial charge in [0, 0.05) is 0 Å². The number of benzene rings is 1. The topological polar surface area (TPSA) is 73.1 Å². The molecule has 19 heavy (non-hydrogen) atoms. The molecule has 0 aliphatic rings. The molecule has 0 saturated carbocycles. The van der Waals surface area contributed by atoms with E-state index >= 15 is 0 Å². The predicted molar refractivity (Wildman–Crippen MR) is 62.9 cm³/mol. The van der Waals surface area contributed by atoms with Crippen LogP contribution in [0.15, 0.2) is 36.8 Å². The molecule has 0 atom stereocenters. The van der Waals surface area contributed by atoms with Crippen molar-refractivity contribution in [1.82, 2.24) is 9.97 Å². The van der Waals surface area contributed by atoms with E-state index in [4.69, 9.17) is 5.73 Å². The minimum absolute atomic E-state index is 0.102. The molecule has 0 radical (unpaired) electrons. The Labute approximate surface area is 106 Å². The summed E-state index contributed by atoms with van der Waals surface area (Å²) in [5, 5.41) is 2.66. The molecule has 3 N–H and O–H groups in total. The largest absolute Gasteiger partial charge is 0.573 e. The quantitative estimate of drug-likeness (QED) is 0.897. The Balaban J connectivity index is 2.28. The van der Waals surface area contributed by atoms with Crippen LogP contribution in [0.3, 0.4) is 0 Å². The van der Waals surface area contributed by atoms with Crippen LogP contribution in [-0.4, -0.2) is 16.3 Å². The highest BCUT2D eigenvalue weighted by atomic mass is 19.4. The molecule has 1 aromatic heterocycles. The zero-order valence-corrected chi connectivity index (χ0v) is 9.48. The monoisotopic (exact) mass is 270 g/mol. The van der Waals surface area contributed by atoms with E-state index in [1.807, 2.05) is 0 Å². The molecule has 0 unspecified atom stereocenters. The van der Waals surface area contributed by atoms with Gasteiger partial charge in [-0.15, -0.1) is 13.2 Å². The van der Waals surface area contributed by atoms with Crippen LogP contribution in [0.4, 0.5) is 30.4 Å². The van der Waals surface area contributed by atoms with Crippen molar-refractivity contribution >= 4 is 17.2 Å². The van der Waals surface area contributed by atoms with Crippen molar-refractivity contribution in [2.24, 2.45) is 0 Å². The summed E-state index contributed by atoms with van der Waals surface area (Å²) < 4.78 is 40.6. The van der Waals surface area contributed by atoms with Gasteiger partial charge in [-0.3, -0.25) is 0 Å². The van der Waals surface area contributed by atoms with Crippen LogP contribution in [0.25, 0.3) is 0 Å². The van der Waals surface area contributed by atoms with Gasteiger partial charge in [0.05, 0.1) is 17.6 Å². The summed E-state index contributed by atoms with van der Waals surface area (Å²) in [6.07, 6.45) is -2.20. The Hall–Kier alpha value is -2.51. The number of alkyl halides is 3. The van der Waals surface area contributed by atoms with Crippen LogP contribution in [0.2, 0.25) is 0 Å². The van der Waals surface area contributed by atoms with Gasteiger partial charge in [0.25, 0.3) is 0 Å². The molecule has 0 aliphatic heterocycles. The number of hydrogen-bond donors (Lipinski definition) is 2. The molecule has 0 aliphatic carbocycles. The Morgan fingerprint density at radius 1 is 1.21 bits per heavy atom. The molecule has 100 valence electrons. The minimum atomic E-state index is -4.77. The number of anilines is 3. The fourth-order valence-electron chi connectivity index (χ4n) is 1.36. The third-order valence-corrected chi connectivity index (χ3v) is 2.11. The van der Waals surface area contributed by atoms with Crippen LogP contribution in [0.5, 0.6) is 5.75 Å². The van der Waals surface area contributed by atoms with Crippen LogP contribution < -0.4 is 15.8 Å². The molecular weight excluding hydrogens is 261 g/mol. The normalized spacial score (nSPS) is 11.1. The fraction of sp³-hybridized carbons (Fsp3) is 0.0909. The summed E-state index contributed by atoms with van der Waals surface area (Å²) in [6, 6.07) is 5.59. The lowest BCUT2D eigenvalue weighted by molar-refractivity contribution is -0.274. The molecule has 5 nitrogen and oxygen atoms in total. The smallest absolute Gasteiger partial charge is 0.404 e. The highest BCUT2D eigenvalue weighted by molar-refractivity contribution is 5.71. The molecule has 0 saturated heterocycles. The molecule has 0 fully saturated rings. The number of nitrogens with two attached hydrogens (primary N) is 1. The first-order chi connectivity index (χ1) is 8.96. The number of ether oxygens (including phenoxy) is 1. The lowest BCUT2D eigenvalue weighted by Crippen LogP contribution is -2.18. The van der Waals surface area contributed by atoms with Crippen molar-refractivity contribution in [2.75, 3.05) is 11.1 Å². The molecule has 0 amide bonds. The average Bonchev–Trinajstić information content (AvgIpc) is 2.33. The lowest BCUT2D eigenvalue weighted by Gasteiger charge is -2.14. The SMILES string of the molecule is Nc1cncnc1Nc1ccccc1OC(F)(F)F. The first kappa shape index (κ1) is 12.9. The second kappa shape index (κ2) is 5.01. The molecule has 2 rings (SSSR count). The van der Waals surface area contributed by atoms with Gasteiger partial charge in [0.1, 0.15) is 6.33 Å². The van der Waals surface area contributed by atoms with Crippen LogP contribution in [0, 0.1) is 0 Å². The molecule has 8 heteroatoms. The summed E-state index contributed by atoms with van der Waals surface area (Å²) in [6.45, 7) is 0. The Kier molecular flexibility index (Phi) is 3.41. The van der Waals surface area contributed by atoms with Gasteiger partial charge in [0.2, 0.25) is 0 Å². The standard InChI is InChI=1S/C11H9F3N4O/c12-11(13,14)19-9-4-2-1-3-8(9)18-10-7(15)5-16-6-17-10/h1-6H,15H2,(H,16,17,18). The molecule has 0 spiro atoms. The van der Waals surface area contributed by atoms with Gasteiger partial charge < -0.3 is 15.8 Å². The van der Waals surface area contributed by atoms with Crippen LogP contribution in [-0.2, 0) is 0 Å². The maximum Gasteiger partial charge on any atom is 0.573 e. The van der Waals surface area contributed by atoms with Crippen LogP contribution in [0.1, 0.15) is 0 Å². The molecule has 1 aromatic carbocycles. The number of nitrogens with zero attached hydrogens (tertiary/aromatic N) is 2. The van der Waals surface area contributed by atoms with Crippen molar-refractivity contribution in [3.05, 3.63) is 36.8 Å². The van der Waals surface area contributed by atoms with E-state index in [2.05, 4.69) is 20.0 Å². The van der Waals surface area contributed by atoms with E-state index in [1.165, 1.54) is 30.7 Å². The van der Waals surface area contributed by atoms with Crippen molar-refractivity contribution in [3.63, 3.8) is 0 Å². The van der Waals surface area contributed by atoms with Crippen LogP contribution >= 0.6 is 0 Å². The summed E-state index contributed by atoms with van der Waals surface area (Å²) in [7, 11) is 0. The molecule has 2 aromatic rings. The predicted octanol–water partition coefficient (Wildman–Crippen LogP) is 2.70. The van der Waals surface area contributed by atoms with Gasteiger partial charge in [-0.1, -0.05) is 12.1 Å². The highest BCUT2D eigenvalue weighted by Gasteiger charge is 2.32. The fourth-order valence-corrected chi connectivity index (χ4v) is 1.36. The maximum absolute atomic E-state index is 12.2. The van der Waals surface area contributed by atoms with Gasteiger partial charge >= 0.3 is 6.36 Å². The van der Waals surface area contributed by atoms with Crippen molar-refractivity contribution in [1.29, 1.82) is 0 Å². The van der Waals surface area contributed by atoms with Gasteiger partial charge in [0.15, 0.2) is 11.6 Å². The van der Waals surface area contributed by atoms with E-state index in [1.54, 1.807) is 6.07 Å². The number of nitrogens with one attached hydrogen (secondary N) is 1. The lowest BCUT2D eigenvalue weighted by atomic mass is 10.3. The summed E-state index contributed by atoms with van der Waals surface area (Å²) >= 11 is 0. The number of hydrogen-bond acceptors (Lipinski definition) is 5. The summed E-state index contributed by atoms with van der Waals surface area (Å²) in [5.74, 6) is -0.166. The number of para-hydroxylation sites is 2. The van der Waals surface area contributed by atoms with E-state index in [-0.39, 0.29) is 22.9 Å². The van der Waals surface area contributed by atoms with Crippen molar-refractivity contribution in [2.45, 2.75) is 6.36 Å². The van der Waals surface area contributed by atoms with E-state index in [0.717, 1.165) is 0 Å². The highest BCUT2D eigenvalue weighted by Crippen LogP contribution is 2.32.